The maximum absolute atomic E-state index is 2.49. The molecule has 2 heteroatoms. The Morgan fingerprint density at radius 3 is 2.44 bits per heavy atom. The van der Waals surface area contributed by atoms with Gasteiger partial charge >= 0.3 is 82.5 Å². The van der Waals surface area contributed by atoms with Gasteiger partial charge in [0.1, 0.15) is 0 Å². The molecule has 0 N–H and O–H groups in total. The number of alkyl halides is 1. The summed E-state index contributed by atoms with van der Waals surface area (Å²) in [4.78, 5) is 0. The van der Waals surface area contributed by atoms with Crippen LogP contribution in [0.5, 0.6) is 0 Å². The van der Waals surface area contributed by atoms with Crippen LogP contribution in [0.1, 0.15) is 0 Å². The van der Waals surface area contributed by atoms with Crippen LogP contribution < -0.4 is 3.07 Å². The van der Waals surface area contributed by atoms with Crippen LogP contribution in [0.15, 0.2) is 30.3 Å². The summed E-state index contributed by atoms with van der Waals surface area (Å²) in [5.74, 6) is 0. The topological polar surface area (TPSA) is 0 Å². The maximum atomic E-state index is 2.49. The second-order valence-corrected chi connectivity index (χ2v) is 18.0. The fourth-order valence-corrected chi connectivity index (χ4v) is 9.42. The van der Waals surface area contributed by atoms with Crippen molar-refractivity contribution in [2.24, 2.45) is 0 Å². The Hall–Kier alpha value is 0.885. The zero-order valence-corrected chi connectivity index (χ0v) is 12.8. The van der Waals surface area contributed by atoms with E-state index in [-0.39, 0.29) is 0 Å². The molecule has 1 rings (SSSR count). The summed E-state index contributed by atoms with van der Waals surface area (Å²) in [6.07, 6.45) is 0. The van der Waals surface area contributed by atoms with Crippen LogP contribution in [0.25, 0.3) is 0 Å². The van der Waals surface area contributed by atoms with Crippen LogP contribution in [0.2, 0.25) is 0 Å². The second kappa shape index (κ2) is 4.66. The number of halogens is 1. The summed E-state index contributed by atoms with van der Waals surface area (Å²) in [5, 5.41) is 0. The monoisotopic (exact) mass is 420 g/mol. The predicted molar refractivity (Wildman–Crippen MR) is 45.0 cm³/mol. The number of benzene rings is 1. The van der Waals surface area contributed by atoms with Crippen molar-refractivity contribution >= 4 is 25.7 Å². The number of hydrogen-bond donors (Lipinski definition) is 0. The van der Waals surface area contributed by atoms with Gasteiger partial charge in [-0.05, 0) is 0 Å². The van der Waals surface area contributed by atoms with Crippen LogP contribution >= 0.6 is 22.6 Å². The summed E-state index contributed by atoms with van der Waals surface area (Å²) in [6, 6.07) is 10.9. The molecule has 0 radical (unpaired) electrons. The summed E-state index contributed by atoms with van der Waals surface area (Å²) in [7, 11) is 0. The standard InChI is InChI=1S/C6H5.CH2I.Hg/c1-2-4-6-5-3-1;1-2;/h1-5H;1H2;. The van der Waals surface area contributed by atoms with E-state index in [1.807, 2.05) is 0 Å². The molecule has 0 nitrogen and oxygen atoms in total. The first kappa shape index (κ1) is 7.99. The van der Waals surface area contributed by atoms with Crippen LogP contribution in [0.4, 0.5) is 0 Å². The minimum absolute atomic E-state index is 0.580. The van der Waals surface area contributed by atoms with Crippen molar-refractivity contribution in [2.75, 3.05) is 1.94 Å². The molecule has 0 aliphatic carbocycles. The van der Waals surface area contributed by atoms with Gasteiger partial charge in [0.25, 0.3) is 0 Å². The molecule has 0 fully saturated rings. The van der Waals surface area contributed by atoms with E-state index >= 15 is 0 Å². The van der Waals surface area contributed by atoms with Crippen molar-refractivity contribution in [3.8, 4) is 0 Å². The molecule has 1 aromatic carbocycles. The summed E-state index contributed by atoms with van der Waals surface area (Å²) in [5.41, 5.74) is 0. The van der Waals surface area contributed by atoms with Crippen LogP contribution in [-0.4, -0.2) is 1.94 Å². The van der Waals surface area contributed by atoms with Gasteiger partial charge in [-0.15, -0.1) is 0 Å². The van der Waals surface area contributed by atoms with Gasteiger partial charge in [0.15, 0.2) is 0 Å². The van der Waals surface area contributed by atoms with E-state index in [2.05, 4.69) is 52.9 Å². The summed E-state index contributed by atoms with van der Waals surface area (Å²) >= 11 is 1.91. The SMILES string of the molecule is I[CH2][Hg][c]1ccccc1. The van der Waals surface area contributed by atoms with Crippen LogP contribution in [0, 0.1) is 0 Å². The van der Waals surface area contributed by atoms with E-state index in [4.69, 9.17) is 0 Å². The number of rotatable bonds is 2. The van der Waals surface area contributed by atoms with Gasteiger partial charge < -0.3 is 0 Å². The third-order valence-corrected chi connectivity index (χ3v) is 10.8. The minimum atomic E-state index is -0.580. The zero-order chi connectivity index (χ0) is 6.53. The Bertz CT molecular complexity index is 162. The van der Waals surface area contributed by atoms with Crippen LogP contribution in [0.3, 0.4) is 0 Å². The van der Waals surface area contributed by atoms with Gasteiger partial charge in [0.05, 0.1) is 0 Å². The van der Waals surface area contributed by atoms with Crippen molar-refractivity contribution in [2.45, 2.75) is 0 Å². The zero-order valence-electron chi connectivity index (χ0n) is 5.18. The molecule has 0 aromatic heterocycles. The molecule has 0 atom stereocenters. The van der Waals surface area contributed by atoms with E-state index in [0.717, 1.165) is 0 Å². The molecule has 0 heterocycles. The van der Waals surface area contributed by atoms with Crippen molar-refractivity contribution in [1.82, 2.24) is 0 Å². The molecule has 0 amide bonds. The van der Waals surface area contributed by atoms with Crippen molar-refractivity contribution < 1.29 is 24.6 Å². The van der Waals surface area contributed by atoms with Crippen molar-refractivity contribution in [1.29, 1.82) is 0 Å². The Labute approximate surface area is 81.6 Å². The molecular formula is C7H7HgI. The molecule has 0 spiro atoms. The summed E-state index contributed by atoms with van der Waals surface area (Å²) < 4.78 is 3.09. The van der Waals surface area contributed by atoms with E-state index in [0.29, 0.717) is 0 Å². The molecule has 0 saturated carbocycles. The second-order valence-electron chi connectivity index (χ2n) is 1.92. The summed E-state index contributed by atoms with van der Waals surface area (Å²) in [6.45, 7) is 0. The Kier molecular flexibility index (Phi) is 4.14. The molecular weight excluding hydrogens is 412 g/mol. The molecule has 0 aliphatic heterocycles. The normalized spacial score (nSPS) is 8.56. The fraction of sp³-hybridized carbons (Fsp3) is 0.143. The molecule has 1 aromatic rings. The average molecular weight is 419 g/mol. The molecule has 44 valence electrons. The first-order valence-electron chi connectivity index (χ1n) is 3.03. The van der Waals surface area contributed by atoms with E-state index in [9.17, 15) is 0 Å². The van der Waals surface area contributed by atoms with Crippen LogP contribution in [-0.2, 0) is 24.6 Å². The van der Waals surface area contributed by atoms with Gasteiger partial charge in [0, 0.05) is 0 Å². The van der Waals surface area contributed by atoms with Gasteiger partial charge in [0.2, 0.25) is 0 Å². The molecule has 0 unspecified atom stereocenters. The predicted octanol–water partition coefficient (Wildman–Crippen LogP) is 1.79. The van der Waals surface area contributed by atoms with Gasteiger partial charge in [-0.1, -0.05) is 0 Å². The molecule has 9 heavy (non-hydrogen) atoms. The average Bonchev–Trinajstić information content (AvgIpc) is 1.91. The molecule has 0 saturated heterocycles. The first-order chi connectivity index (χ1) is 4.43. The third kappa shape index (κ3) is 2.98. The molecule has 0 bridgehead atoms. The van der Waals surface area contributed by atoms with Gasteiger partial charge in [-0.3, -0.25) is 0 Å². The fourth-order valence-electron chi connectivity index (χ4n) is 0.754. The van der Waals surface area contributed by atoms with E-state index < -0.39 is 24.6 Å². The van der Waals surface area contributed by atoms with Crippen molar-refractivity contribution in [3.05, 3.63) is 30.3 Å². The Balaban J connectivity index is 2.61. The van der Waals surface area contributed by atoms with E-state index in [1.54, 1.807) is 3.07 Å². The van der Waals surface area contributed by atoms with Gasteiger partial charge in [-0.25, -0.2) is 0 Å². The van der Waals surface area contributed by atoms with Crippen molar-refractivity contribution in [3.63, 3.8) is 0 Å². The Morgan fingerprint density at radius 2 is 1.89 bits per heavy atom. The van der Waals surface area contributed by atoms with Gasteiger partial charge in [-0.2, -0.15) is 0 Å². The van der Waals surface area contributed by atoms with E-state index in [1.165, 1.54) is 1.94 Å². The Morgan fingerprint density at radius 1 is 1.22 bits per heavy atom. The quantitative estimate of drug-likeness (QED) is 0.390. The molecule has 0 aliphatic rings. The third-order valence-electron chi connectivity index (χ3n) is 1.23. The first-order valence-corrected chi connectivity index (χ1v) is 11.2. The number of hydrogen-bond acceptors (Lipinski definition) is 0.